The molecule has 0 bridgehead atoms. The maximum absolute atomic E-state index is 10.0. The molecular weight excluding hydrogens is 262 g/mol. The van der Waals surface area contributed by atoms with Crippen LogP contribution in [0.3, 0.4) is 0 Å². The molecule has 1 aliphatic carbocycles. The van der Waals surface area contributed by atoms with E-state index in [1.807, 2.05) is 12.1 Å². The molecule has 1 aliphatic rings. The molecule has 0 spiro atoms. The Balaban J connectivity index is 1.68. The molecule has 118 valence electrons. The maximum atomic E-state index is 10.0. The van der Waals surface area contributed by atoms with Crippen molar-refractivity contribution in [1.29, 1.82) is 0 Å². The van der Waals surface area contributed by atoms with E-state index < -0.39 is 6.10 Å². The van der Waals surface area contributed by atoms with E-state index in [0.29, 0.717) is 18.6 Å². The van der Waals surface area contributed by atoms with Gasteiger partial charge in [-0.05, 0) is 55.4 Å². The van der Waals surface area contributed by atoms with E-state index in [4.69, 9.17) is 4.74 Å². The number of nitrogens with one attached hydrogen (secondary N) is 1. The summed E-state index contributed by atoms with van der Waals surface area (Å²) >= 11 is 0. The van der Waals surface area contributed by atoms with Crippen LogP contribution in [0.25, 0.3) is 0 Å². The van der Waals surface area contributed by atoms with Crippen molar-refractivity contribution in [2.24, 2.45) is 5.41 Å². The molecule has 1 unspecified atom stereocenters. The topological polar surface area (TPSA) is 41.5 Å². The smallest absolute Gasteiger partial charge is 0.119 e. The lowest BCUT2D eigenvalue weighted by atomic mass is 9.89. The van der Waals surface area contributed by atoms with Gasteiger partial charge in [0.2, 0.25) is 0 Å². The van der Waals surface area contributed by atoms with Crippen LogP contribution in [-0.4, -0.2) is 30.9 Å². The number of aryl methyl sites for hydroxylation is 2. The summed E-state index contributed by atoms with van der Waals surface area (Å²) < 4.78 is 5.69. The van der Waals surface area contributed by atoms with Crippen LogP contribution in [0, 0.1) is 19.3 Å². The minimum absolute atomic E-state index is 0.340. The van der Waals surface area contributed by atoms with Crippen molar-refractivity contribution >= 4 is 0 Å². The first-order valence-corrected chi connectivity index (χ1v) is 8.07. The van der Waals surface area contributed by atoms with Gasteiger partial charge in [-0.15, -0.1) is 0 Å². The van der Waals surface area contributed by atoms with Gasteiger partial charge in [-0.2, -0.15) is 0 Å². The zero-order valence-corrected chi connectivity index (χ0v) is 13.6. The van der Waals surface area contributed by atoms with Crippen LogP contribution < -0.4 is 10.1 Å². The third-order valence-electron chi connectivity index (χ3n) is 4.38. The van der Waals surface area contributed by atoms with E-state index in [1.165, 1.54) is 36.8 Å². The van der Waals surface area contributed by atoms with Gasteiger partial charge >= 0.3 is 0 Å². The number of hydrogen-bond donors (Lipinski definition) is 2. The van der Waals surface area contributed by atoms with Crippen LogP contribution in [0.4, 0.5) is 0 Å². The van der Waals surface area contributed by atoms with Gasteiger partial charge in [0.1, 0.15) is 18.5 Å². The molecule has 0 aromatic heterocycles. The summed E-state index contributed by atoms with van der Waals surface area (Å²) in [5, 5.41) is 13.4. The summed E-state index contributed by atoms with van der Waals surface area (Å²) in [5.74, 6) is 0.842. The Morgan fingerprint density at radius 2 is 1.81 bits per heavy atom. The Labute approximate surface area is 128 Å². The molecule has 2 N–H and O–H groups in total. The van der Waals surface area contributed by atoms with Crippen LogP contribution in [0.2, 0.25) is 0 Å². The second-order valence-electron chi connectivity index (χ2n) is 6.94. The first-order chi connectivity index (χ1) is 9.97. The van der Waals surface area contributed by atoms with Crippen LogP contribution in [0.1, 0.15) is 43.7 Å². The maximum Gasteiger partial charge on any atom is 0.119 e. The highest BCUT2D eigenvalue weighted by molar-refractivity contribution is 5.32. The monoisotopic (exact) mass is 291 g/mol. The Kier molecular flexibility index (Phi) is 5.65. The van der Waals surface area contributed by atoms with E-state index in [9.17, 15) is 5.11 Å². The van der Waals surface area contributed by atoms with Gasteiger partial charge in [-0.25, -0.2) is 0 Å². The lowest BCUT2D eigenvalue weighted by Gasteiger charge is -2.24. The zero-order valence-electron chi connectivity index (χ0n) is 13.6. The molecule has 1 aromatic carbocycles. The highest BCUT2D eigenvalue weighted by Gasteiger charge is 2.28. The molecule has 2 rings (SSSR count). The number of hydrogen-bond acceptors (Lipinski definition) is 3. The third kappa shape index (κ3) is 5.33. The number of benzene rings is 1. The minimum Gasteiger partial charge on any atom is -0.491 e. The highest BCUT2D eigenvalue weighted by Crippen LogP contribution is 2.36. The molecule has 3 nitrogen and oxygen atoms in total. The lowest BCUT2D eigenvalue weighted by Crippen LogP contribution is -2.37. The molecule has 21 heavy (non-hydrogen) atoms. The van der Waals surface area contributed by atoms with Gasteiger partial charge in [-0.3, -0.25) is 0 Å². The molecule has 1 fully saturated rings. The van der Waals surface area contributed by atoms with Gasteiger partial charge in [0.05, 0.1) is 0 Å². The molecule has 0 aliphatic heterocycles. The van der Waals surface area contributed by atoms with Crippen molar-refractivity contribution in [3.8, 4) is 5.75 Å². The Bertz CT molecular complexity index is 432. The Hall–Kier alpha value is -1.06. The fourth-order valence-electron chi connectivity index (χ4n) is 3.21. The van der Waals surface area contributed by atoms with Crippen molar-refractivity contribution in [3.05, 3.63) is 29.3 Å². The quantitative estimate of drug-likeness (QED) is 0.810. The average molecular weight is 291 g/mol. The molecule has 0 radical (unpaired) electrons. The van der Waals surface area contributed by atoms with Gasteiger partial charge in [-0.1, -0.05) is 25.8 Å². The summed E-state index contributed by atoms with van der Waals surface area (Å²) in [6, 6.07) is 6.13. The lowest BCUT2D eigenvalue weighted by molar-refractivity contribution is 0.103. The summed E-state index contributed by atoms with van der Waals surface area (Å²) in [6.07, 6.45) is 4.83. The van der Waals surface area contributed by atoms with Crippen LogP contribution >= 0.6 is 0 Å². The SMILES string of the molecule is Cc1cc(C)cc(OCC(O)CNCC2(C)CCCC2)c1. The second kappa shape index (κ2) is 7.28. The number of aliphatic hydroxyl groups is 1. The summed E-state index contributed by atoms with van der Waals surface area (Å²) in [5.41, 5.74) is 2.80. The Morgan fingerprint density at radius 3 is 2.43 bits per heavy atom. The summed E-state index contributed by atoms with van der Waals surface area (Å²) in [7, 11) is 0. The van der Waals surface area contributed by atoms with E-state index in [1.54, 1.807) is 0 Å². The van der Waals surface area contributed by atoms with E-state index >= 15 is 0 Å². The summed E-state index contributed by atoms with van der Waals surface area (Å²) in [4.78, 5) is 0. The third-order valence-corrected chi connectivity index (χ3v) is 4.38. The molecule has 0 saturated heterocycles. The van der Waals surface area contributed by atoms with E-state index in [-0.39, 0.29) is 0 Å². The van der Waals surface area contributed by atoms with Crippen molar-refractivity contribution < 1.29 is 9.84 Å². The highest BCUT2D eigenvalue weighted by atomic mass is 16.5. The fraction of sp³-hybridized carbons (Fsp3) is 0.667. The first-order valence-electron chi connectivity index (χ1n) is 8.07. The standard InChI is InChI=1S/C18H29NO2/c1-14-8-15(2)10-17(9-14)21-12-16(20)11-19-13-18(3)6-4-5-7-18/h8-10,16,19-20H,4-7,11-13H2,1-3H3. The van der Waals surface area contributed by atoms with Gasteiger partial charge < -0.3 is 15.2 Å². The van der Waals surface area contributed by atoms with E-state index in [2.05, 4.69) is 32.2 Å². The van der Waals surface area contributed by atoms with E-state index in [0.717, 1.165) is 12.3 Å². The molecule has 0 amide bonds. The summed E-state index contributed by atoms with van der Waals surface area (Å²) in [6.45, 7) is 8.38. The second-order valence-corrected chi connectivity index (χ2v) is 6.94. The van der Waals surface area contributed by atoms with Crippen LogP contribution in [-0.2, 0) is 0 Å². The molecule has 1 atom stereocenters. The van der Waals surface area contributed by atoms with Gasteiger partial charge in [0.25, 0.3) is 0 Å². The predicted molar refractivity (Wildman–Crippen MR) is 86.9 cm³/mol. The van der Waals surface area contributed by atoms with Crippen molar-refractivity contribution in [1.82, 2.24) is 5.32 Å². The van der Waals surface area contributed by atoms with Crippen LogP contribution in [0.15, 0.2) is 18.2 Å². The average Bonchev–Trinajstić information content (AvgIpc) is 2.82. The largest absolute Gasteiger partial charge is 0.491 e. The van der Waals surface area contributed by atoms with Crippen molar-refractivity contribution in [2.75, 3.05) is 19.7 Å². The number of aliphatic hydroxyl groups excluding tert-OH is 1. The molecule has 0 heterocycles. The number of rotatable bonds is 7. The van der Waals surface area contributed by atoms with Crippen LogP contribution in [0.5, 0.6) is 5.75 Å². The van der Waals surface area contributed by atoms with Gasteiger partial charge in [0, 0.05) is 13.1 Å². The minimum atomic E-state index is -0.462. The predicted octanol–water partition coefficient (Wildman–Crippen LogP) is 3.21. The molecule has 3 heteroatoms. The number of ether oxygens (including phenoxy) is 1. The zero-order chi connectivity index (χ0) is 15.3. The molecule has 1 aromatic rings. The van der Waals surface area contributed by atoms with Crippen molar-refractivity contribution in [2.45, 2.75) is 52.6 Å². The molecular formula is C18H29NO2. The van der Waals surface area contributed by atoms with Crippen molar-refractivity contribution in [3.63, 3.8) is 0 Å². The fourth-order valence-corrected chi connectivity index (χ4v) is 3.21. The Morgan fingerprint density at radius 1 is 1.19 bits per heavy atom. The molecule has 1 saturated carbocycles. The van der Waals surface area contributed by atoms with Gasteiger partial charge in [0.15, 0.2) is 0 Å². The first kappa shape index (κ1) is 16.3. The normalized spacial score (nSPS) is 18.7.